The van der Waals surface area contributed by atoms with E-state index in [2.05, 4.69) is 31.6 Å². The Balaban J connectivity index is 0.00000400. The number of hydrogen-bond acceptors (Lipinski definition) is 1. The van der Waals surface area contributed by atoms with Crippen molar-refractivity contribution in [1.82, 2.24) is 10.6 Å². The number of nitrogens with zero attached hydrogens (tertiary/aromatic N) is 1. The largest absolute Gasteiger partial charge is 0.390 e. The number of guanidine groups is 1. The molecule has 120 valence electrons. The standard InChI is InChI=1S/C13H17BrF3N3.HI/c1-9-7-11(14)4-3-10(9)8-20-12(18-2)19-6-5-13(15,16)17;/h3-4,7H,5-6,8H2,1-2H3,(H2,18,19,20);1H. The van der Waals surface area contributed by atoms with Crippen molar-refractivity contribution in [3.63, 3.8) is 0 Å². The van der Waals surface area contributed by atoms with E-state index in [1.165, 1.54) is 7.05 Å². The molecule has 0 spiro atoms. The summed E-state index contributed by atoms with van der Waals surface area (Å²) in [6, 6.07) is 5.86. The van der Waals surface area contributed by atoms with Gasteiger partial charge in [0.05, 0.1) is 6.42 Å². The van der Waals surface area contributed by atoms with Crippen LogP contribution in [-0.4, -0.2) is 25.7 Å². The third-order valence-corrected chi connectivity index (χ3v) is 3.17. The highest BCUT2D eigenvalue weighted by molar-refractivity contribution is 14.0. The lowest BCUT2D eigenvalue weighted by molar-refractivity contribution is -0.132. The molecule has 0 saturated carbocycles. The van der Waals surface area contributed by atoms with Crippen molar-refractivity contribution in [2.45, 2.75) is 26.1 Å². The van der Waals surface area contributed by atoms with Gasteiger partial charge in [0, 0.05) is 24.6 Å². The first-order valence-electron chi connectivity index (χ1n) is 6.08. The molecular weight excluding hydrogens is 462 g/mol. The zero-order valence-corrected chi connectivity index (χ0v) is 15.6. The first-order valence-corrected chi connectivity index (χ1v) is 6.87. The summed E-state index contributed by atoms with van der Waals surface area (Å²) in [5.41, 5.74) is 2.16. The number of halogens is 5. The molecule has 0 radical (unpaired) electrons. The second-order valence-corrected chi connectivity index (χ2v) is 5.20. The monoisotopic (exact) mass is 479 g/mol. The summed E-state index contributed by atoms with van der Waals surface area (Å²) in [6.45, 7) is 2.29. The van der Waals surface area contributed by atoms with E-state index >= 15 is 0 Å². The highest BCUT2D eigenvalue weighted by Crippen LogP contribution is 2.18. The molecule has 0 aliphatic heterocycles. The van der Waals surface area contributed by atoms with Gasteiger partial charge in [-0.15, -0.1) is 24.0 Å². The maximum atomic E-state index is 12.0. The molecule has 0 heterocycles. The van der Waals surface area contributed by atoms with Crippen LogP contribution in [0.5, 0.6) is 0 Å². The van der Waals surface area contributed by atoms with Crippen LogP contribution in [0.3, 0.4) is 0 Å². The van der Waals surface area contributed by atoms with Crippen LogP contribution in [0.2, 0.25) is 0 Å². The normalized spacial score (nSPS) is 11.8. The van der Waals surface area contributed by atoms with Crippen LogP contribution < -0.4 is 10.6 Å². The van der Waals surface area contributed by atoms with E-state index in [0.717, 1.165) is 15.6 Å². The van der Waals surface area contributed by atoms with E-state index in [4.69, 9.17) is 0 Å². The van der Waals surface area contributed by atoms with Crippen LogP contribution in [0.15, 0.2) is 27.7 Å². The van der Waals surface area contributed by atoms with Crippen LogP contribution in [-0.2, 0) is 6.54 Å². The Hall–Kier alpha value is -0.510. The summed E-state index contributed by atoms with van der Waals surface area (Å²) in [7, 11) is 1.53. The van der Waals surface area contributed by atoms with Gasteiger partial charge >= 0.3 is 6.18 Å². The van der Waals surface area contributed by atoms with Gasteiger partial charge in [0.2, 0.25) is 0 Å². The third kappa shape index (κ3) is 8.50. The molecule has 0 bridgehead atoms. The smallest absolute Gasteiger partial charge is 0.356 e. The topological polar surface area (TPSA) is 36.4 Å². The number of aryl methyl sites for hydroxylation is 1. The Bertz CT molecular complexity index is 478. The van der Waals surface area contributed by atoms with Crippen LogP contribution in [0, 0.1) is 6.92 Å². The van der Waals surface area contributed by atoms with E-state index in [-0.39, 0.29) is 30.5 Å². The van der Waals surface area contributed by atoms with Crippen LogP contribution in [0.1, 0.15) is 17.5 Å². The molecule has 1 aromatic carbocycles. The van der Waals surface area contributed by atoms with Gasteiger partial charge in [0.1, 0.15) is 0 Å². The van der Waals surface area contributed by atoms with Gasteiger partial charge in [-0.3, -0.25) is 4.99 Å². The first-order chi connectivity index (χ1) is 9.31. The summed E-state index contributed by atoms with van der Waals surface area (Å²) in [4.78, 5) is 3.89. The fraction of sp³-hybridized carbons (Fsp3) is 0.462. The maximum Gasteiger partial charge on any atom is 0.390 e. The molecule has 8 heteroatoms. The SMILES string of the molecule is CN=C(NCCC(F)(F)F)NCc1ccc(Br)cc1C.I. The molecule has 0 aromatic heterocycles. The zero-order valence-electron chi connectivity index (χ0n) is 11.7. The Morgan fingerprint density at radius 3 is 2.48 bits per heavy atom. The van der Waals surface area contributed by atoms with Crippen molar-refractivity contribution < 1.29 is 13.2 Å². The summed E-state index contributed by atoms with van der Waals surface area (Å²) in [6.07, 6.45) is -5.04. The summed E-state index contributed by atoms with van der Waals surface area (Å²) >= 11 is 3.38. The number of aliphatic imine (C=N–C) groups is 1. The summed E-state index contributed by atoms with van der Waals surface area (Å²) in [5.74, 6) is 0.358. The number of nitrogens with one attached hydrogen (secondary N) is 2. The molecule has 0 amide bonds. The Kier molecular flexibility index (Phi) is 9.26. The second kappa shape index (κ2) is 9.50. The van der Waals surface area contributed by atoms with Crippen LogP contribution >= 0.6 is 39.9 Å². The van der Waals surface area contributed by atoms with Crippen molar-refractivity contribution in [3.05, 3.63) is 33.8 Å². The minimum Gasteiger partial charge on any atom is -0.356 e. The predicted octanol–water partition coefficient (Wildman–Crippen LogP) is 3.99. The number of rotatable bonds is 4. The van der Waals surface area contributed by atoms with Crippen molar-refractivity contribution >= 4 is 45.9 Å². The highest BCUT2D eigenvalue weighted by Gasteiger charge is 2.26. The Morgan fingerprint density at radius 2 is 1.95 bits per heavy atom. The zero-order chi connectivity index (χ0) is 15.2. The van der Waals surface area contributed by atoms with Gasteiger partial charge in [-0.05, 0) is 30.2 Å². The molecule has 0 saturated heterocycles. The van der Waals surface area contributed by atoms with E-state index in [9.17, 15) is 13.2 Å². The number of benzene rings is 1. The molecule has 0 atom stereocenters. The lowest BCUT2D eigenvalue weighted by Gasteiger charge is -2.14. The minimum atomic E-state index is -4.16. The van der Waals surface area contributed by atoms with E-state index in [1.54, 1.807) is 0 Å². The van der Waals surface area contributed by atoms with Crippen molar-refractivity contribution in [1.29, 1.82) is 0 Å². The first kappa shape index (κ1) is 20.5. The number of hydrogen-bond donors (Lipinski definition) is 2. The molecular formula is C13H18BrF3IN3. The molecule has 2 N–H and O–H groups in total. The molecule has 3 nitrogen and oxygen atoms in total. The molecule has 1 aromatic rings. The average Bonchev–Trinajstić information content (AvgIpc) is 2.34. The summed E-state index contributed by atoms with van der Waals surface area (Å²) < 4.78 is 37.1. The Morgan fingerprint density at radius 1 is 1.29 bits per heavy atom. The molecule has 1 rings (SSSR count). The lowest BCUT2D eigenvalue weighted by Crippen LogP contribution is -2.38. The van der Waals surface area contributed by atoms with Gasteiger partial charge in [0.25, 0.3) is 0 Å². The van der Waals surface area contributed by atoms with E-state index in [1.807, 2.05) is 25.1 Å². The van der Waals surface area contributed by atoms with Crippen molar-refractivity contribution in [2.75, 3.05) is 13.6 Å². The Labute approximate surface area is 147 Å². The minimum absolute atomic E-state index is 0. The fourth-order valence-electron chi connectivity index (χ4n) is 1.58. The van der Waals surface area contributed by atoms with Gasteiger partial charge in [-0.25, -0.2) is 0 Å². The molecule has 0 aliphatic carbocycles. The van der Waals surface area contributed by atoms with Crippen LogP contribution in [0.4, 0.5) is 13.2 Å². The van der Waals surface area contributed by atoms with Crippen molar-refractivity contribution in [2.24, 2.45) is 4.99 Å². The lowest BCUT2D eigenvalue weighted by atomic mass is 10.1. The van der Waals surface area contributed by atoms with E-state index in [0.29, 0.717) is 12.5 Å². The van der Waals surface area contributed by atoms with Gasteiger partial charge in [-0.1, -0.05) is 22.0 Å². The molecule has 0 unspecified atom stereocenters. The van der Waals surface area contributed by atoms with Gasteiger partial charge < -0.3 is 10.6 Å². The van der Waals surface area contributed by atoms with E-state index < -0.39 is 12.6 Å². The van der Waals surface area contributed by atoms with Crippen LogP contribution in [0.25, 0.3) is 0 Å². The fourth-order valence-corrected chi connectivity index (χ4v) is 2.06. The second-order valence-electron chi connectivity index (χ2n) is 4.29. The molecule has 21 heavy (non-hydrogen) atoms. The maximum absolute atomic E-state index is 12.0. The molecule has 0 fully saturated rings. The molecule has 0 aliphatic rings. The van der Waals surface area contributed by atoms with Gasteiger partial charge in [0.15, 0.2) is 5.96 Å². The summed E-state index contributed by atoms with van der Waals surface area (Å²) in [5, 5.41) is 5.63. The quantitative estimate of drug-likeness (QED) is 0.389. The average molecular weight is 480 g/mol. The predicted molar refractivity (Wildman–Crippen MR) is 93.2 cm³/mol. The van der Waals surface area contributed by atoms with Crippen molar-refractivity contribution in [3.8, 4) is 0 Å². The highest BCUT2D eigenvalue weighted by atomic mass is 127. The van der Waals surface area contributed by atoms with Gasteiger partial charge in [-0.2, -0.15) is 13.2 Å². The number of alkyl halides is 3. The third-order valence-electron chi connectivity index (χ3n) is 2.68.